The fourth-order valence-electron chi connectivity index (χ4n) is 2.89. The maximum absolute atomic E-state index is 12.1. The number of urea groups is 1. The Labute approximate surface area is 167 Å². The molecule has 28 heavy (non-hydrogen) atoms. The normalized spacial score (nSPS) is 11.0. The maximum Gasteiger partial charge on any atom is 0.321 e. The summed E-state index contributed by atoms with van der Waals surface area (Å²) in [6.07, 6.45) is 0. The SMILES string of the molecule is Cc1cc(C)c2c(-c3ccccc3)nc(SCC(=O)NC(=O)NC(C)C)n2n1. The van der Waals surface area contributed by atoms with Crippen LogP contribution in [0.1, 0.15) is 25.1 Å². The molecule has 0 aliphatic rings. The number of fused-ring (bicyclic) bond motifs is 1. The fraction of sp³-hybridized carbons (Fsp3) is 0.300. The average molecular weight is 398 g/mol. The molecule has 3 rings (SSSR count). The van der Waals surface area contributed by atoms with Crippen LogP contribution in [0.4, 0.5) is 4.79 Å². The number of carbonyl (C=O) groups excluding carboxylic acids is 2. The van der Waals surface area contributed by atoms with E-state index in [0.29, 0.717) is 5.16 Å². The molecule has 3 aromatic rings. The summed E-state index contributed by atoms with van der Waals surface area (Å²) in [7, 11) is 0. The van der Waals surface area contributed by atoms with Crippen molar-refractivity contribution in [3.05, 3.63) is 47.7 Å². The van der Waals surface area contributed by atoms with Crippen molar-refractivity contribution in [3.8, 4) is 11.3 Å². The van der Waals surface area contributed by atoms with Crippen LogP contribution in [0.5, 0.6) is 0 Å². The predicted octanol–water partition coefficient (Wildman–Crippen LogP) is 3.34. The monoisotopic (exact) mass is 397 g/mol. The van der Waals surface area contributed by atoms with Gasteiger partial charge in [0, 0.05) is 11.6 Å². The molecular weight excluding hydrogens is 374 g/mol. The van der Waals surface area contributed by atoms with Crippen LogP contribution in [0, 0.1) is 13.8 Å². The number of nitrogens with zero attached hydrogens (tertiary/aromatic N) is 3. The third-order valence-electron chi connectivity index (χ3n) is 3.93. The van der Waals surface area contributed by atoms with Crippen LogP contribution in [0.2, 0.25) is 0 Å². The third kappa shape index (κ3) is 4.51. The van der Waals surface area contributed by atoms with Crippen LogP contribution < -0.4 is 10.6 Å². The molecule has 2 N–H and O–H groups in total. The Hall–Kier alpha value is -2.87. The first kappa shape index (κ1) is 19.9. The summed E-state index contributed by atoms with van der Waals surface area (Å²) < 4.78 is 1.78. The minimum atomic E-state index is -0.497. The van der Waals surface area contributed by atoms with Crippen molar-refractivity contribution in [2.24, 2.45) is 0 Å². The smallest absolute Gasteiger partial charge is 0.321 e. The van der Waals surface area contributed by atoms with Crippen LogP contribution in [0.3, 0.4) is 0 Å². The van der Waals surface area contributed by atoms with Crippen LogP contribution in [-0.2, 0) is 4.79 Å². The highest BCUT2D eigenvalue weighted by molar-refractivity contribution is 7.99. The molecule has 0 saturated heterocycles. The largest absolute Gasteiger partial charge is 0.336 e. The quantitative estimate of drug-likeness (QED) is 0.645. The maximum atomic E-state index is 12.1. The second kappa shape index (κ2) is 8.43. The summed E-state index contributed by atoms with van der Waals surface area (Å²) in [4.78, 5) is 28.5. The predicted molar refractivity (Wildman–Crippen MR) is 110 cm³/mol. The molecule has 0 radical (unpaired) electrons. The van der Waals surface area contributed by atoms with Gasteiger partial charge in [0.05, 0.1) is 22.7 Å². The Morgan fingerprint density at radius 3 is 2.57 bits per heavy atom. The molecule has 2 heterocycles. The van der Waals surface area contributed by atoms with Crippen LogP contribution in [0.15, 0.2) is 41.6 Å². The Kier molecular flexibility index (Phi) is 5.99. The Morgan fingerprint density at radius 1 is 1.18 bits per heavy atom. The topological polar surface area (TPSA) is 88.4 Å². The van der Waals surface area contributed by atoms with Gasteiger partial charge >= 0.3 is 6.03 Å². The number of nitrogens with one attached hydrogen (secondary N) is 2. The fourth-order valence-corrected chi connectivity index (χ4v) is 3.63. The van der Waals surface area contributed by atoms with Crippen molar-refractivity contribution in [3.63, 3.8) is 0 Å². The van der Waals surface area contributed by atoms with E-state index in [0.717, 1.165) is 28.0 Å². The number of carbonyl (C=O) groups is 2. The molecular formula is C20H23N5O2S. The number of aromatic nitrogens is 3. The number of benzene rings is 1. The van der Waals surface area contributed by atoms with Gasteiger partial charge in [-0.1, -0.05) is 42.1 Å². The zero-order valence-electron chi connectivity index (χ0n) is 16.3. The average Bonchev–Trinajstić information content (AvgIpc) is 2.98. The molecule has 0 aliphatic heterocycles. The van der Waals surface area contributed by atoms with Crippen molar-refractivity contribution in [1.29, 1.82) is 0 Å². The molecule has 7 nitrogen and oxygen atoms in total. The first-order valence-corrected chi connectivity index (χ1v) is 9.99. The van der Waals surface area contributed by atoms with Gasteiger partial charge in [-0.3, -0.25) is 10.1 Å². The number of imidazole rings is 1. The zero-order valence-corrected chi connectivity index (χ0v) is 17.1. The molecule has 0 bridgehead atoms. The van der Waals surface area contributed by atoms with Crippen molar-refractivity contribution in [2.45, 2.75) is 38.9 Å². The Morgan fingerprint density at radius 2 is 1.89 bits per heavy atom. The molecule has 0 unspecified atom stereocenters. The summed E-state index contributed by atoms with van der Waals surface area (Å²) in [5, 5.41) is 10.1. The van der Waals surface area contributed by atoms with Gasteiger partial charge in [-0.15, -0.1) is 0 Å². The number of aryl methyl sites for hydroxylation is 2. The van der Waals surface area contributed by atoms with Gasteiger partial charge in [-0.05, 0) is 39.3 Å². The van der Waals surface area contributed by atoms with Gasteiger partial charge in [0.15, 0.2) is 5.16 Å². The first-order chi connectivity index (χ1) is 13.3. The van der Waals surface area contributed by atoms with E-state index in [4.69, 9.17) is 4.98 Å². The molecule has 0 saturated carbocycles. The number of imide groups is 1. The van der Waals surface area contributed by atoms with Crippen LogP contribution in [0.25, 0.3) is 16.8 Å². The highest BCUT2D eigenvalue weighted by Gasteiger charge is 2.18. The number of hydrogen-bond acceptors (Lipinski definition) is 5. The molecule has 8 heteroatoms. The standard InChI is InChI=1S/C20H23N5O2S/c1-12(2)21-19(27)22-16(26)11-28-20-23-17(15-8-6-5-7-9-15)18-13(3)10-14(4)24-25(18)20/h5-10,12H,11H2,1-4H3,(H2,21,22,26,27). The van der Waals surface area contributed by atoms with Crippen molar-refractivity contribution < 1.29 is 9.59 Å². The van der Waals surface area contributed by atoms with Gasteiger partial charge in [-0.25, -0.2) is 14.3 Å². The zero-order chi connectivity index (χ0) is 20.3. The van der Waals surface area contributed by atoms with Crippen LogP contribution in [-0.4, -0.2) is 38.3 Å². The van der Waals surface area contributed by atoms with Gasteiger partial charge in [0.2, 0.25) is 5.91 Å². The summed E-state index contributed by atoms with van der Waals surface area (Å²) in [6.45, 7) is 7.61. The number of thioether (sulfide) groups is 1. The van der Waals surface area contributed by atoms with E-state index in [1.54, 1.807) is 4.52 Å². The van der Waals surface area contributed by atoms with Gasteiger partial charge < -0.3 is 5.32 Å². The number of hydrogen-bond donors (Lipinski definition) is 2. The highest BCUT2D eigenvalue weighted by Crippen LogP contribution is 2.30. The van der Waals surface area contributed by atoms with Crippen molar-refractivity contribution in [1.82, 2.24) is 25.2 Å². The molecule has 3 amide bonds. The van der Waals surface area contributed by atoms with Gasteiger partial charge in [0.1, 0.15) is 0 Å². The first-order valence-electron chi connectivity index (χ1n) is 9.00. The molecule has 2 aromatic heterocycles. The minimum Gasteiger partial charge on any atom is -0.336 e. The van der Waals surface area contributed by atoms with E-state index in [1.165, 1.54) is 11.8 Å². The second-order valence-electron chi connectivity index (χ2n) is 6.80. The summed E-state index contributed by atoms with van der Waals surface area (Å²) >= 11 is 1.25. The van der Waals surface area contributed by atoms with E-state index in [-0.39, 0.29) is 17.7 Å². The van der Waals surface area contributed by atoms with Crippen molar-refractivity contribution >= 4 is 29.2 Å². The van der Waals surface area contributed by atoms with E-state index in [9.17, 15) is 9.59 Å². The Balaban J connectivity index is 1.87. The van der Waals surface area contributed by atoms with E-state index < -0.39 is 6.03 Å². The molecule has 0 spiro atoms. The number of rotatable bonds is 5. The second-order valence-corrected chi connectivity index (χ2v) is 7.75. The molecule has 146 valence electrons. The Bertz CT molecular complexity index is 1010. The van der Waals surface area contributed by atoms with Gasteiger partial charge in [0.25, 0.3) is 0 Å². The third-order valence-corrected chi connectivity index (χ3v) is 4.86. The highest BCUT2D eigenvalue weighted by atomic mass is 32.2. The van der Waals surface area contributed by atoms with E-state index in [2.05, 4.69) is 15.7 Å². The lowest BCUT2D eigenvalue weighted by molar-refractivity contribution is -0.117. The van der Waals surface area contributed by atoms with Gasteiger partial charge in [-0.2, -0.15) is 5.10 Å². The molecule has 0 fully saturated rings. The summed E-state index contributed by atoms with van der Waals surface area (Å²) in [5.74, 6) is -0.321. The lowest BCUT2D eigenvalue weighted by Gasteiger charge is -2.08. The summed E-state index contributed by atoms with van der Waals surface area (Å²) in [6, 6.07) is 11.4. The van der Waals surface area contributed by atoms with Crippen molar-refractivity contribution in [2.75, 3.05) is 5.75 Å². The van der Waals surface area contributed by atoms with E-state index in [1.807, 2.05) is 64.1 Å². The molecule has 1 aromatic carbocycles. The summed E-state index contributed by atoms with van der Waals surface area (Å²) in [5.41, 5.74) is 4.65. The number of amides is 3. The molecule has 0 aliphatic carbocycles. The van der Waals surface area contributed by atoms with Crippen LogP contribution >= 0.6 is 11.8 Å². The lowest BCUT2D eigenvalue weighted by atomic mass is 10.1. The minimum absolute atomic E-state index is 0.0414. The lowest BCUT2D eigenvalue weighted by Crippen LogP contribution is -2.43. The van der Waals surface area contributed by atoms with E-state index >= 15 is 0 Å². The molecule has 0 atom stereocenters.